The zero-order valence-corrected chi connectivity index (χ0v) is 19.6. The topological polar surface area (TPSA) is 98.8 Å². The highest BCUT2D eigenvalue weighted by Gasteiger charge is 2.22. The van der Waals surface area contributed by atoms with E-state index in [0.717, 1.165) is 38.9 Å². The summed E-state index contributed by atoms with van der Waals surface area (Å²) >= 11 is 0. The lowest BCUT2D eigenvalue weighted by Crippen LogP contribution is -2.21. The Bertz CT molecular complexity index is 1460. The highest BCUT2D eigenvalue weighted by Crippen LogP contribution is 2.39. The van der Waals surface area contributed by atoms with E-state index < -0.39 is 0 Å². The second-order valence-electron chi connectivity index (χ2n) is 7.52. The van der Waals surface area contributed by atoms with E-state index in [1.807, 2.05) is 65.0 Å². The SMILES string of the molecule is CC.COc1cc2c(cc1-c1c(C)noc1C)ncc1[nH]c(=O)n(C(C)c3ccccn3)c12. The molecule has 170 valence electrons. The molecule has 0 amide bonds. The number of pyridine rings is 2. The summed E-state index contributed by atoms with van der Waals surface area (Å²) in [5, 5.41) is 4.87. The number of aryl methyl sites for hydroxylation is 2. The van der Waals surface area contributed by atoms with E-state index in [0.29, 0.717) is 17.0 Å². The Balaban J connectivity index is 0.00000126. The zero-order chi connectivity index (χ0) is 23.7. The van der Waals surface area contributed by atoms with Gasteiger partial charge in [-0.25, -0.2) is 4.79 Å². The number of aromatic amines is 1. The minimum Gasteiger partial charge on any atom is -0.496 e. The average molecular weight is 446 g/mol. The maximum absolute atomic E-state index is 12.9. The molecule has 0 saturated carbocycles. The second-order valence-corrected chi connectivity index (χ2v) is 7.52. The van der Waals surface area contributed by atoms with Gasteiger partial charge in [0.15, 0.2) is 0 Å². The lowest BCUT2D eigenvalue weighted by atomic mass is 10.0. The molecule has 33 heavy (non-hydrogen) atoms. The molecule has 8 nitrogen and oxygen atoms in total. The van der Waals surface area contributed by atoms with Crippen molar-refractivity contribution < 1.29 is 9.26 Å². The van der Waals surface area contributed by atoms with Crippen LogP contribution in [0, 0.1) is 13.8 Å². The first-order chi connectivity index (χ1) is 16.0. The first kappa shape index (κ1) is 22.3. The Morgan fingerprint density at radius 2 is 1.94 bits per heavy atom. The van der Waals surface area contributed by atoms with Crippen molar-refractivity contribution in [2.45, 2.75) is 40.7 Å². The zero-order valence-electron chi connectivity index (χ0n) is 19.6. The van der Waals surface area contributed by atoms with Gasteiger partial charge in [-0.05, 0) is 45.0 Å². The predicted molar refractivity (Wildman–Crippen MR) is 129 cm³/mol. The summed E-state index contributed by atoms with van der Waals surface area (Å²) in [6.45, 7) is 9.72. The van der Waals surface area contributed by atoms with E-state index in [2.05, 4.69) is 20.1 Å². The summed E-state index contributed by atoms with van der Waals surface area (Å²) in [6, 6.07) is 9.29. The van der Waals surface area contributed by atoms with E-state index >= 15 is 0 Å². The summed E-state index contributed by atoms with van der Waals surface area (Å²) in [5.41, 5.74) is 5.26. The summed E-state index contributed by atoms with van der Waals surface area (Å²) in [6.07, 6.45) is 3.41. The van der Waals surface area contributed by atoms with Crippen LogP contribution in [0.1, 0.15) is 44.0 Å². The van der Waals surface area contributed by atoms with Crippen LogP contribution in [-0.2, 0) is 0 Å². The number of rotatable bonds is 4. The predicted octanol–water partition coefficient (Wildman–Crippen LogP) is 5.19. The van der Waals surface area contributed by atoms with Crippen LogP contribution in [0.25, 0.3) is 33.1 Å². The van der Waals surface area contributed by atoms with Gasteiger partial charge in [0, 0.05) is 17.1 Å². The maximum atomic E-state index is 12.9. The minimum atomic E-state index is -0.263. The van der Waals surface area contributed by atoms with Crippen LogP contribution in [0.4, 0.5) is 0 Å². The van der Waals surface area contributed by atoms with E-state index in [4.69, 9.17) is 9.26 Å². The van der Waals surface area contributed by atoms with Crippen LogP contribution in [0.5, 0.6) is 5.75 Å². The van der Waals surface area contributed by atoms with E-state index in [9.17, 15) is 4.79 Å². The van der Waals surface area contributed by atoms with Crippen molar-refractivity contribution in [2.24, 2.45) is 0 Å². The van der Waals surface area contributed by atoms with Gasteiger partial charge in [-0.1, -0.05) is 25.1 Å². The highest BCUT2D eigenvalue weighted by molar-refractivity contribution is 6.04. The van der Waals surface area contributed by atoms with Gasteiger partial charge in [-0.2, -0.15) is 0 Å². The Morgan fingerprint density at radius 1 is 1.15 bits per heavy atom. The van der Waals surface area contributed by atoms with Crippen molar-refractivity contribution >= 4 is 21.9 Å². The molecule has 4 heterocycles. The molecule has 1 N–H and O–H groups in total. The molecule has 0 spiro atoms. The Labute approximate surface area is 191 Å². The fraction of sp³-hybridized carbons (Fsp3) is 0.280. The highest BCUT2D eigenvalue weighted by atomic mass is 16.5. The smallest absolute Gasteiger partial charge is 0.327 e. The summed E-state index contributed by atoms with van der Waals surface area (Å²) in [5.74, 6) is 1.36. The normalized spacial score (nSPS) is 11.9. The third kappa shape index (κ3) is 3.67. The molecule has 1 atom stereocenters. The van der Waals surface area contributed by atoms with Crippen LogP contribution >= 0.6 is 0 Å². The molecule has 5 aromatic rings. The molecule has 4 aromatic heterocycles. The van der Waals surface area contributed by atoms with Crippen LogP contribution in [-0.4, -0.2) is 31.8 Å². The third-order valence-corrected chi connectivity index (χ3v) is 5.67. The van der Waals surface area contributed by atoms with Crippen molar-refractivity contribution in [1.29, 1.82) is 0 Å². The molecular formula is C25H27N5O3. The quantitative estimate of drug-likeness (QED) is 0.409. The number of hydrogen-bond donors (Lipinski definition) is 1. The number of hydrogen-bond acceptors (Lipinski definition) is 6. The van der Waals surface area contributed by atoms with Gasteiger partial charge in [-0.3, -0.25) is 14.5 Å². The number of benzene rings is 1. The fourth-order valence-corrected chi connectivity index (χ4v) is 4.19. The maximum Gasteiger partial charge on any atom is 0.327 e. The summed E-state index contributed by atoms with van der Waals surface area (Å²) in [7, 11) is 1.62. The molecule has 0 bridgehead atoms. The number of H-pyrrole nitrogens is 1. The molecule has 0 fully saturated rings. The number of nitrogens with zero attached hydrogens (tertiary/aromatic N) is 4. The van der Waals surface area contributed by atoms with Crippen molar-refractivity contribution in [3.05, 3.63) is 70.4 Å². The van der Waals surface area contributed by atoms with Crippen molar-refractivity contribution in [1.82, 2.24) is 24.7 Å². The molecule has 0 aliphatic rings. The Hall–Kier alpha value is -3.94. The average Bonchev–Trinajstić information content (AvgIpc) is 3.37. The molecule has 0 saturated heterocycles. The lowest BCUT2D eigenvalue weighted by molar-refractivity contribution is 0.393. The molecule has 0 radical (unpaired) electrons. The van der Waals surface area contributed by atoms with Gasteiger partial charge in [0.05, 0.1) is 52.8 Å². The van der Waals surface area contributed by atoms with E-state index in [1.165, 1.54) is 0 Å². The number of methoxy groups -OCH3 is 1. The van der Waals surface area contributed by atoms with Gasteiger partial charge in [0.2, 0.25) is 0 Å². The summed E-state index contributed by atoms with van der Waals surface area (Å²) < 4.78 is 12.8. The van der Waals surface area contributed by atoms with E-state index in [-0.39, 0.29) is 11.7 Å². The fourth-order valence-electron chi connectivity index (χ4n) is 4.19. The summed E-state index contributed by atoms with van der Waals surface area (Å²) in [4.78, 5) is 24.8. The Morgan fingerprint density at radius 3 is 2.58 bits per heavy atom. The monoisotopic (exact) mass is 445 g/mol. The lowest BCUT2D eigenvalue weighted by Gasteiger charge is -2.15. The van der Waals surface area contributed by atoms with Gasteiger partial charge >= 0.3 is 5.69 Å². The van der Waals surface area contributed by atoms with Crippen LogP contribution in [0.3, 0.4) is 0 Å². The van der Waals surface area contributed by atoms with Crippen LogP contribution in [0.2, 0.25) is 0 Å². The largest absolute Gasteiger partial charge is 0.496 e. The Kier molecular flexibility index (Phi) is 6.00. The molecule has 0 aliphatic carbocycles. The number of fused-ring (bicyclic) bond motifs is 3. The molecule has 1 unspecified atom stereocenters. The number of aromatic nitrogens is 5. The number of nitrogens with one attached hydrogen (secondary N) is 1. The molecule has 0 aliphatic heterocycles. The number of imidazole rings is 1. The van der Waals surface area contributed by atoms with Crippen molar-refractivity contribution in [2.75, 3.05) is 7.11 Å². The molecule has 5 rings (SSSR count). The van der Waals surface area contributed by atoms with Crippen LogP contribution in [0.15, 0.2) is 52.0 Å². The standard InChI is InChI=1S/C23H21N5O3.C2H6/c1-12-21(14(3)31-27-12)16-9-18-15(10-20(16)30-4)22-19(11-25-18)26-23(29)28(22)13(2)17-7-5-6-8-24-17;1-2/h5-11,13H,1-4H3,(H,26,29);1-2H3. The van der Waals surface area contributed by atoms with Gasteiger partial charge in [0.1, 0.15) is 11.5 Å². The van der Waals surface area contributed by atoms with E-state index in [1.54, 1.807) is 24.1 Å². The first-order valence-corrected chi connectivity index (χ1v) is 10.9. The molecule has 8 heteroatoms. The molecule has 1 aromatic carbocycles. The number of ether oxygens (including phenoxy) is 1. The minimum absolute atomic E-state index is 0.212. The second kappa shape index (κ2) is 8.90. The van der Waals surface area contributed by atoms with Crippen molar-refractivity contribution in [3.63, 3.8) is 0 Å². The third-order valence-electron chi connectivity index (χ3n) is 5.67. The molecular weight excluding hydrogens is 418 g/mol. The van der Waals surface area contributed by atoms with Gasteiger partial charge in [0.25, 0.3) is 0 Å². The van der Waals surface area contributed by atoms with Crippen LogP contribution < -0.4 is 10.4 Å². The first-order valence-electron chi connectivity index (χ1n) is 10.9. The van der Waals surface area contributed by atoms with Gasteiger partial charge in [-0.15, -0.1) is 0 Å². The van der Waals surface area contributed by atoms with Crippen molar-refractivity contribution in [3.8, 4) is 16.9 Å². The van der Waals surface area contributed by atoms with Gasteiger partial charge < -0.3 is 14.2 Å².